The van der Waals surface area contributed by atoms with Gasteiger partial charge in [0, 0.05) is 24.9 Å². The maximum absolute atomic E-state index is 10.4. The van der Waals surface area contributed by atoms with Gasteiger partial charge in [-0.05, 0) is 38.0 Å². The number of rotatable bonds is 1. The summed E-state index contributed by atoms with van der Waals surface area (Å²) in [7, 11) is 0. The molecule has 3 heterocycles. The highest BCUT2D eigenvalue weighted by molar-refractivity contribution is 5.80. The van der Waals surface area contributed by atoms with Gasteiger partial charge < -0.3 is 19.8 Å². The number of aromatic nitrogens is 1. The lowest BCUT2D eigenvalue weighted by Gasteiger charge is -2.50. The second-order valence-electron chi connectivity index (χ2n) is 7.39. The molecule has 24 heavy (non-hydrogen) atoms. The highest BCUT2D eigenvalue weighted by atomic mass is 16.5. The molecule has 2 aliphatic rings. The highest BCUT2D eigenvalue weighted by Crippen LogP contribution is 2.40. The molecule has 0 aliphatic carbocycles. The molecule has 2 N–H and O–H groups in total. The van der Waals surface area contributed by atoms with Crippen LogP contribution < -0.4 is 4.90 Å². The van der Waals surface area contributed by atoms with Crippen LogP contribution in [0.1, 0.15) is 26.2 Å². The van der Waals surface area contributed by atoms with Gasteiger partial charge in [0.2, 0.25) is 0 Å². The molecule has 2 aromatic rings. The van der Waals surface area contributed by atoms with Crippen LogP contribution in [-0.2, 0) is 4.74 Å². The Morgan fingerprint density at radius 3 is 2.67 bits per heavy atom. The summed E-state index contributed by atoms with van der Waals surface area (Å²) in [5, 5.41) is 21.4. The number of aliphatic hydroxyl groups is 2. The van der Waals surface area contributed by atoms with E-state index in [1.54, 1.807) is 6.92 Å². The van der Waals surface area contributed by atoms with Gasteiger partial charge in [0.05, 0.1) is 23.3 Å². The van der Waals surface area contributed by atoms with E-state index in [1.807, 2.05) is 18.2 Å². The fraction of sp³-hybridized carbons (Fsp3) is 0.526. The number of anilines is 1. The molecular weight excluding hydrogens is 304 g/mol. The Hall–Kier alpha value is -1.69. The van der Waals surface area contributed by atoms with Crippen molar-refractivity contribution >= 4 is 16.7 Å². The van der Waals surface area contributed by atoms with E-state index in [9.17, 15) is 10.2 Å². The minimum Gasteiger partial charge on any atom is -0.388 e. The lowest BCUT2D eigenvalue weighted by molar-refractivity contribution is -0.216. The van der Waals surface area contributed by atoms with Gasteiger partial charge in [-0.25, -0.2) is 4.98 Å². The summed E-state index contributed by atoms with van der Waals surface area (Å²) in [6.07, 6.45) is 1.36. The molecule has 0 radical (unpaired) electrons. The first kappa shape index (κ1) is 15.8. The van der Waals surface area contributed by atoms with Crippen LogP contribution in [0.3, 0.4) is 0 Å². The van der Waals surface area contributed by atoms with Gasteiger partial charge in [0.15, 0.2) is 0 Å². The Morgan fingerprint density at radius 2 is 1.92 bits per heavy atom. The normalized spacial score (nSPS) is 30.0. The van der Waals surface area contributed by atoms with Gasteiger partial charge in [-0.15, -0.1) is 0 Å². The maximum Gasteiger partial charge on any atom is 0.129 e. The Morgan fingerprint density at radius 1 is 1.17 bits per heavy atom. The first-order valence-corrected chi connectivity index (χ1v) is 8.63. The highest BCUT2D eigenvalue weighted by Gasteiger charge is 2.48. The first-order valence-electron chi connectivity index (χ1n) is 8.63. The second-order valence-corrected chi connectivity index (χ2v) is 7.39. The van der Waals surface area contributed by atoms with Crippen molar-refractivity contribution in [3.05, 3.63) is 36.4 Å². The fourth-order valence-electron chi connectivity index (χ4n) is 3.95. The van der Waals surface area contributed by atoms with Gasteiger partial charge in [-0.2, -0.15) is 0 Å². The van der Waals surface area contributed by atoms with Gasteiger partial charge in [0.25, 0.3) is 0 Å². The standard InChI is InChI=1S/C19H24N2O3/c1-18(23)13-19(24-12-16(18)22)8-10-21(11-9-19)17-7-6-14-4-2-3-5-15(14)20-17/h2-7,16,22-23H,8-13H2,1H3/t16-,18-/m0/s1. The molecule has 0 bridgehead atoms. The molecule has 2 fully saturated rings. The van der Waals surface area contributed by atoms with Crippen molar-refractivity contribution < 1.29 is 14.9 Å². The number of fused-ring (bicyclic) bond motifs is 1. The monoisotopic (exact) mass is 328 g/mol. The van der Waals surface area contributed by atoms with Gasteiger partial charge in [-0.3, -0.25) is 0 Å². The topological polar surface area (TPSA) is 65.8 Å². The summed E-state index contributed by atoms with van der Waals surface area (Å²) < 4.78 is 5.95. The fourth-order valence-corrected chi connectivity index (χ4v) is 3.95. The summed E-state index contributed by atoms with van der Waals surface area (Å²) in [6.45, 7) is 3.61. The number of benzene rings is 1. The number of aliphatic hydroxyl groups excluding tert-OH is 1. The molecule has 1 spiro atoms. The summed E-state index contributed by atoms with van der Waals surface area (Å²) in [5.41, 5.74) is -0.382. The number of piperidine rings is 1. The van der Waals surface area contributed by atoms with Crippen molar-refractivity contribution in [3.63, 3.8) is 0 Å². The van der Waals surface area contributed by atoms with Crippen molar-refractivity contribution in [2.75, 3.05) is 24.6 Å². The van der Waals surface area contributed by atoms with E-state index in [4.69, 9.17) is 9.72 Å². The lowest BCUT2D eigenvalue weighted by atomic mass is 9.76. The van der Waals surface area contributed by atoms with Crippen LogP contribution >= 0.6 is 0 Å². The number of pyridine rings is 1. The number of ether oxygens (including phenoxy) is 1. The summed E-state index contributed by atoms with van der Waals surface area (Å²) in [5.74, 6) is 0.992. The van der Waals surface area contributed by atoms with Crippen LogP contribution in [0.2, 0.25) is 0 Å². The minimum absolute atomic E-state index is 0.210. The van der Waals surface area contributed by atoms with Crippen LogP contribution in [0.15, 0.2) is 36.4 Å². The van der Waals surface area contributed by atoms with Crippen LogP contribution in [0.4, 0.5) is 5.82 Å². The van der Waals surface area contributed by atoms with Crippen LogP contribution in [0, 0.1) is 0 Å². The van der Waals surface area contributed by atoms with Crippen molar-refractivity contribution in [3.8, 4) is 0 Å². The van der Waals surface area contributed by atoms with Crippen LogP contribution in [-0.4, -0.2) is 52.2 Å². The SMILES string of the molecule is C[C@]1(O)CC2(CCN(c3ccc4ccccc4n3)CC2)OC[C@@H]1O. The van der Waals surface area contributed by atoms with E-state index >= 15 is 0 Å². The lowest BCUT2D eigenvalue weighted by Crippen LogP contribution is -2.59. The van der Waals surface area contributed by atoms with Crippen LogP contribution in [0.5, 0.6) is 0 Å². The molecule has 1 aromatic carbocycles. The molecule has 5 nitrogen and oxygen atoms in total. The first-order chi connectivity index (χ1) is 11.5. The number of hydrogen-bond acceptors (Lipinski definition) is 5. The number of nitrogens with zero attached hydrogens (tertiary/aromatic N) is 2. The summed E-state index contributed by atoms with van der Waals surface area (Å²) in [6, 6.07) is 12.3. The molecule has 0 unspecified atom stereocenters. The molecule has 0 amide bonds. The van der Waals surface area contributed by atoms with E-state index < -0.39 is 11.7 Å². The Bertz CT molecular complexity index is 738. The average molecular weight is 328 g/mol. The summed E-state index contributed by atoms with van der Waals surface area (Å²) in [4.78, 5) is 7.05. The molecule has 5 heteroatoms. The minimum atomic E-state index is -1.07. The van der Waals surface area contributed by atoms with Crippen LogP contribution in [0.25, 0.3) is 10.9 Å². The summed E-state index contributed by atoms with van der Waals surface area (Å²) >= 11 is 0. The predicted octanol–water partition coefficient (Wildman–Crippen LogP) is 2.11. The second kappa shape index (κ2) is 5.69. The molecule has 128 valence electrons. The third-order valence-electron chi connectivity index (χ3n) is 5.53. The Kier molecular flexibility index (Phi) is 3.75. The molecule has 2 aliphatic heterocycles. The molecule has 2 saturated heterocycles. The van der Waals surface area contributed by atoms with Crippen molar-refractivity contribution in [1.82, 2.24) is 4.98 Å². The number of hydrogen-bond donors (Lipinski definition) is 2. The molecule has 2 atom stereocenters. The maximum atomic E-state index is 10.4. The average Bonchev–Trinajstić information content (AvgIpc) is 2.59. The smallest absolute Gasteiger partial charge is 0.129 e. The largest absolute Gasteiger partial charge is 0.388 e. The van der Waals surface area contributed by atoms with E-state index in [2.05, 4.69) is 23.1 Å². The number of para-hydroxylation sites is 1. The zero-order valence-corrected chi connectivity index (χ0v) is 14.0. The van der Waals surface area contributed by atoms with Crippen molar-refractivity contribution in [1.29, 1.82) is 0 Å². The predicted molar refractivity (Wildman–Crippen MR) is 93.1 cm³/mol. The van der Waals surface area contributed by atoms with Crippen molar-refractivity contribution in [2.45, 2.75) is 43.5 Å². The van der Waals surface area contributed by atoms with E-state index in [-0.39, 0.29) is 12.2 Å². The third-order valence-corrected chi connectivity index (χ3v) is 5.53. The third kappa shape index (κ3) is 2.77. The zero-order valence-electron chi connectivity index (χ0n) is 14.0. The van der Waals surface area contributed by atoms with Gasteiger partial charge in [-0.1, -0.05) is 18.2 Å². The quantitative estimate of drug-likeness (QED) is 0.839. The van der Waals surface area contributed by atoms with Crippen molar-refractivity contribution in [2.24, 2.45) is 0 Å². The van der Waals surface area contributed by atoms with E-state index in [0.29, 0.717) is 6.42 Å². The molecule has 0 saturated carbocycles. The zero-order chi connectivity index (χ0) is 16.8. The molecule has 4 rings (SSSR count). The van der Waals surface area contributed by atoms with E-state index in [0.717, 1.165) is 42.7 Å². The van der Waals surface area contributed by atoms with E-state index in [1.165, 1.54) is 0 Å². The molecule has 1 aromatic heterocycles. The Labute approximate surface area is 141 Å². The van der Waals surface area contributed by atoms with Gasteiger partial charge >= 0.3 is 0 Å². The Balaban J connectivity index is 1.49. The van der Waals surface area contributed by atoms with Gasteiger partial charge in [0.1, 0.15) is 11.9 Å². The molecular formula is C19H24N2O3.